The number of nitrogens with zero attached hydrogens (tertiary/aromatic N) is 4. The Morgan fingerprint density at radius 2 is 1.92 bits per heavy atom. The number of carbonyl (C=O) groups is 1. The van der Waals surface area contributed by atoms with Gasteiger partial charge in [-0.3, -0.25) is 9.69 Å². The maximum Gasteiger partial charge on any atom is 0.257 e. The first-order chi connectivity index (χ1) is 12.6. The lowest BCUT2D eigenvalue weighted by molar-refractivity contribution is -0.127. The van der Waals surface area contributed by atoms with Crippen LogP contribution in [0, 0.1) is 12.3 Å². The van der Waals surface area contributed by atoms with Crippen molar-refractivity contribution in [3.8, 4) is 11.5 Å². The summed E-state index contributed by atoms with van der Waals surface area (Å²) in [5.41, 5.74) is 2.35. The van der Waals surface area contributed by atoms with Gasteiger partial charge in [0.25, 0.3) is 5.89 Å². The molecule has 6 heteroatoms. The normalized spacial score (nSPS) is 20.2. The van der Waals surface area contributed by atoms with Gasteiger partial charge in [0.15, 0.2) is 5.82 Å². The van der Waals surface area contributed by atoms with E-state index in [0.29, 0.717) is 24.8 Å². The molecular formula is C20H26N4O2. The fourth-order valence-corrected chi connectivity index (χ4v) is 4.12. The van der Waals surface area contributed by atoms with Crippen LogP contribution in [0.5, 0.6) is 0 Å². The van der Waals surface area contributed by atoms with Crippen LogP contribution in [0.4, 0.5) is 0 Å². The molecule has 1 amide bonds. The maximum absolute atomic E-state index is 12.1. The Hall–Kier alpha value is -2.21. The van der Waals surface area contributed by atoms with Crippen molar-refractivity contribution in [2.75, 3.05) is 26.2 Å². The lowest BCUT2D eigenvalue weighted by atomic mass is 9.77. The second-order valence-electron chi connectivity index (χ2n) is 7.74. The van der Waals surface area contributed by atoms with Crippen LogP contribution >= 0.6 is 0 Å². The minimum absolute atomic E-state index is 0.188. The van der Waals surface area contributed by atoms with Gasteiger partial charge in [-0.25, -0.2) is 0 Å². The molecule has 0 unspecified atom stereocenters. The third kappa shape index (κ3) is 3.38. The smallest absolute Gasteiger partial charge is 0.257 e. The number of aryl methyl sites for hydroxylation is 1. The summed E-state index contributed by atoms with van der Waals surface area (Å²) in [6.45, 7) is 8.55. The van der Waals surface area contributed by atoms with Crippen molar-refractivity contribution in [1.82, 2.24) is 19.9 Å². The molecule has 0 aliphatic carbocycles. The van der Waals surface area contributed by atoms with Gasteiger partial charge in [-0.05, 0) is 57.3 Å². The SMILES string of the molecule is CCN1CC2(CCN(Cc3noc(-c4ccc(C)cc4)n3)CC2)CC1=O. The van der Waals surface area contributed by atoms with Gasteiger partial charge >= 0.3 is 0 Å². The van der Waals surface area contributed by atoms with E-state index < -0.39 is 0 Å². The van der Waals surface area contributed by atoms with Crippen LogP contribution in [-0.4, -0.2) is 52.0 Å². The number of piperidine rings is 1. The number of benzene rings is 1. The standard InChI is InChI=1S/C20H26N4O2/c1-3-24-14-20(12-18(24)25)8-10-23(11-9-20)13-17-21-19(26-22-17)16-6-4-15(2)5-7-16/h4-7H,3,8-14H2,1-2H3. The van der Waals surface area contributed by atoms with E-state index >= 15 is 0 Å². The molecule has 2 aromatic rings. The minimum Gasteiger partial charge on any atom is -0.342 e. The molecule has 26 heavy (non-hydrogen) atoms. The van der Waals surface area contributed by atoms with E-state index in [-0.39, 0.29) is 5.41 Å². The summed E-state index contributed by atoms with van der Waals surface area (Å²) in [6, 6.07) is 8.11. The zero-order chi connectivity index (χ0) is 18.1. The predicted molar refractivity (Wildman–Crippen MR) is 98.3 cm³/mol. The zero-order valence-electron chi connectivity index (χ0n) is 15.6. The quantitative estimate of drug-likeness (QED) is 0.845. The van der Waals surface area contributed by atoms with E-state index in [1.165, 1.54) is 5.56 Å². The van der Waals surface area contributed by atoms with E-state index in [1.54, 1.807) is 0 Å². The molecule has 3 heterocycles. The molecule has 1 aromatic carbocycles. The van der Waals surface area contributed by atoms with Gasteiger partial charge in [-0.2, -0.15) is 4.98 Å². The summed E-state index contributed by atoms with van der Waals surface area (Å²) in [7, 11) is 0. The number of aromatic nitrogens is 2. The van der Waals surface area contributed by atoms with Crippen molar-refractivity contribution in [3.05, 3.63) is 35.7 Å². The lowest BCUT2D eigenvalue weighted by Gasteiger charge is -2.38. The Morgan fingerprint density at radius 1 is 1.19 bits per heavy atom. The first-order valence-electron chi connectivity index (χ1n) is 9.47. The highest BCUT2D eigenvalue weighted by atomic mass is 16.5. The molecular weight excluding hydrogens is 328 g/mol. The number of likely N-dealkylation sites (tertiary alicyclic amines) is 2. The summed E-state index contributed by atoms with van der Waals surface area (Å²) in [4.78, 5) is 21.0. The molecule has 2 aliphatic heterocycles. The molecule has 138 valence electrons. The Morgan fingerprint density at radius 3 is 2.58 bits per heavy atom. The highest BCUT2D eigenvalue weighted by molar-refractivity contribution is 5.79. The second-order valence-corrected chi connectivity index (χ2v) is 7.74. The van der Waals surface area contributed by atoms with E-state index in [0.717, 1.165) is 50.4 Å². The molecule has 6 nitrogen and oxygen atoms in total. The van der Waals surface area contributed by atoms with E-state index in [9.17, 15) is 4.79 Å². The third-order valence-electron chi connectivity index (χ3n) is 5.84. The van der Waals surface area contributed by atoms with Crippen LogP contribution in [-0.2, 0) is 11.3 Å². The van der Waals surface area contributed by atoms with Crippen molar-refractivity contribution >= 4 is 5.91 Å². The summed E-state index contributed by atoms with van der Waals surface area (Å²) >= 11 is 0. The monoisotopic (exact) mass is 354 g/mol. The minimum atomic E-state index is 0.188. The predicted octanol–water partition coefficient (Wildman–Crippen LogP) is 2.88. The Labute approximate surface area is 154 Å². The molecule has 1 spiro atoms. The van der Waals surface area contributed by atoms with Gasteiger partial charge in [0.1, 0.15) is 0 Å². The summed E-state index contributed by atoms with van der Waals surface area (Å²) in [6.07, 6.45) is 2.85. The van der Waals surface area contributed by atoms with Crippen molar-refractivity contribution in [3.63, 3.8) is 0 Å². The van der Waals surface area contributed by atoms with Crippen LogP contribution in [0.1, 0.15) is 37.6 Å². The Bertz CT molecular complexity index is 775. The third-order valence-corrected chi connectivity index (χ3v) is 5.84. The Kier molecular flexibility index (Phi) is 4.53. The molecule has 0 atom stereocenters. The van der Waals surface area contributed by atoms with E-state index in [2.05, 4.69) is 28.9 Å². The summed E-state index contributed by atoms with van der Waals surface area (Å²) in [5, 5.41) is 4.15. The lowest BCUT2D eigenvalue weighted by Crippen LogP contribution is -2.41. The number of amides is 1. The average molecular weight is 354 g/mol. The van der Waals surface area contributed by atoms with Gasteiger partial charge in [-0.15, -0.1) is 0 Å². The summed E-state index contributed by atoms with van der Waals surface area (Å²) < 4.78 is 5.43. The zero-order valence-corrected chi connectivity index (χ0v) is 15.6. The van der Waals surface area contributed by atoms with E-state index in [1.807, 2.05) is 29.2 Å². The Balaban J connectivity index is 1.35. The van der Waals surface area contributed by atoms with Crippen molar-refractivity contribution < 1.29 is 9.32 Å². The first kappa shape index (κ1) is 17.2. The van der Waals surface area contributed by atoms with Crippen LogP contribution in [0.15, 0.2) is 28.8 Å². The van der Waals surface area contributed by atoms with Gasteiger partial charge in [-0.1, -0.05) is 22.9 Å². The highest BCUT2D eigenvalue weighted by Crippen LogP contribution is 2.41. The molecule has 4 rings (SSSR count). The average Bonchev–Trinajstić information content (AvgIpc) is 3.22. The molecule has 0 N–H and O–H groups in total. The number of carbonyl (C=O) groups excluding carboxylic acids is 1. The van der Waals surface area contributed by atoms with E-state index in [4.69, 9.17) is 4.52 Å². The number of rotatable bonds is 4. The largest absolute Gasteiger partial charge is 0.342 e. The van der Waals surface area contributed by atoms with Crippen molar-refractivity contribution in [1.29, 1.82) is 0 Å². The number of hydrogen-bond acceptors (Lipinski definition) is 5. The molecule has 0 radical (unpaired) electrons. The molecule has 2 saturated heterocycles. The van der Waals surface area contributed by atoms with Gasteiger partial charge < -0.3 is 9.42 Å². The van der Waals surface area contributed by atoms with Crippen LogP contribution in [0.2, 0.25) is 0 Å². The molecule has 0 bridgehead atoms. The van der Waals surface area contributed by atoms with Crippen LogP contribution < -0.4 is 0 Å². The van der Waals surface area contributed by atoms with Crippen molar-refractivity contribution in [2.45, 2.75) is 39.7 Å². The fraction of sp³-hybridized carbons (Fsp3) is 0.550. The highest BCUT2D eigenvalue weighted by Gasteiger charge is 2.44. The first-order valence-corrected chi connectivity index (χ1v) is 9.47. The summed E-state index contributed by atoms with van der Waals surface area (Å²) in [5.74, 6) is 1.63. The molecule has 1 aromatic heterocycles. The van der Waals surface area contributed by atoms with Gasteiger partial charge in [0, 0.05) is 25.1 Å². The van der Waals surface area contributed by atoms with Gasteiger partial charge in [0.2, 0.25) is 5.91 Å². The van der Waals surface area contributed by atoms with Crippen LogP contribution in [0.3, 0.4) is 0 Å². The molecule has 2 aliphatic rings. The number of hydrogen-bond donors (Lipinski definition) is 0. The van der Waals surface area contributed by atoms with Crippen LogP contribution in [0.25, 0.3) is 11.5 Å². The molecule has 0 saturated carbocycles. The van der Waals surface area contributed by atoms with Gasteiger partial charge in [0.05, 0.1) is 6.54 Å². The topological polar surface area (TPSA) is 62.5 Å². The molecule has 2 fully saturated rings. The second kappa shape index (κ2) is 6.83. The fourth-order valence-electron chi connectivity index (χ4n) is 4.12. The van der Waals surface area contributed by atoms with Crippen molar-refractivity contribution in [2.24, 2.45) is 5.41 Å². The maximum atomic E-state index is 12.1.